The van der Waals surface area contributed by atoms with Crippen LogP contribution in [0.4, 0.5) is 8.78 Å². The van der Waals surface area contributed by atoms with Crippen LogP contribution in [0.15, 0.2) is 22.8 Å². The van der Waals surface area contributed by atoms with Crippen LogP contribution in [0.3, 0.4) is 0 Å². The molecule has 90 valence electrons. The van der Waals surface area contributed by atoms with Gasteiger partial charge in [0.15, 0.2) is 11.6 Å². The number of rotatable bonds is 3. The molecule has 0 radical (unpaired) electrons. The molecular formula is C11H10F2N2O2. The van der Waals surface area contributed by atoms with Crippen LogP contribution >= 0.6 is 0 Å². The van der Waals surface area contributed by atoms with E-state index in [1.165, 1.54) is 6.26 Å². The van der Waals surface area contributed by atoms with E-state index in [9.17, 15) is 8.78 Å². The van der Waals surface area contributed by atoms with Crippen LogP contribution in [0.1, 0.15) is 11.3 Å². The first kappa shape index (κ1) is 11.5. The van der Waals surface area contributed by atoms with Crippen molar-refractivity contribution in [1.82, 2.24) is 4.98 Å². The molecule has 17 heavy (non-hydrogen) atoms. The third-order valence-corrected chi connectivity index (χ3v) is 2.15. The molecule has 1 aromatic heterocycles. The smallest absolute Gasteiger partial charge is 0.399 e. The van der Waals surface area contributed by atoms with Gasteiger partial charge in [-0.15, -0.1) is 0 Å². The largest absolute Gasteiger partial charge is 0.417 e. The number of nitrogens with two attached hydrogens (primary N) is 1. The molecule has 0 saturated carbocycles. The summed E-state index contributed by atoms with van der Waals surface area (Å²) in [6.45, 7) is 1.80. The van der Waals surface area contributed by atoms with Gasteiger partial charge in [0.05, 0.1) is 5.69 Å². The minimum atomic E-state index is -0.990. The average Bonchev–Trinajstić information content (AvgIpc) is 2.73. The summed E-state index contributed by atoms with van der Waals surface area (Å²) in [6, 6.07) is 1.98. The zero-order valence-corrected chi connectivity index (χ0v) is 9.04. The van der Waals surface area contributed by atoms with Crippen molar-refractivity contribution in [3.8, 4) is 11.8 Å². The number of hydrogen-bond donors (Lipinski definition) is 1. The van der Waals surface area contributed by atoms with Crippen molar-refractivity contribution in [2.45, 2.75) is 13.5 Å². The van der Waals surface area contributed by atoms with E-state index in [0.717, 1.165) is 12.1 Å². The molecule has 1 aromatic carbocycles. The fraction of sp³-hybridized carbons (Fsp3) is 0.182. The van der Waals surface area contributed by atoms with E-state index in [0.29, 0.717) is 11.3 Å². The fourth-order valence-electron chi connectivity index (χ4n) is 1.26. The van der Waals surface area contributed by atoms with Crippen molar-refractivity contribution in [3.05, 3.63) is 41.3 Å². The minimum Gasteiger partial charge on any atom is -0.417 e. The zero-order valence-electron chi connectivity index (χ0n) is 9.04. The normalized spacial score (nSPS) is 10.6. The topological polar surface area (TPSA) is 61.3 Å². The monoisotopic (exact) mass is 240 g/mol. The second-order valence-electron chi connectivity index (χ2n) is 3.44. The van der Waals surface area contributed by atoms with E-state index in [4.69, 9.17) is 14.9 Å². The van der Waals surface area contributed by atoms with E-state index in [2.05, 4.69) is 4.98 Å². The summed E-state index contributed by atoms with van der Waals surface area (Å²) in [5.41, 5.74) is 6.30. The summed E-state index contributed by atoms with van der Waals surface area (Å²) in [7, 11) is 0. The molecule has 0 atom stereocenters. The maximum Gasteiger partial charge on any atom is 0.399 e. The summed E-state index contributed by atoms with van der Waals surface area (Å²) in [4.78, 5) is 3.89. The van der Waals surface area contributed by atoms with Gasteiger partial charge in [-0.2, -0.15) is 4.98 Å². The molecule has 1 heterocycles. The molecule has 0 fully saturated rings. The number of aryl methyl sites for hydroxylation is 1. The summed E-state index contributed by atoms with van der Waals surface area (Å²) in [6.07, 6.45) is 1.28. The standard InChI is InChI=1S/C11H10F2N2O2/c1-6-2-8(12)9(13)3-10(6)17-11-15-7(4-14)5-16-11/h2-3,5H,4,14H2,1H3. The van der Waals surface area contributed by atoms with Gasteiger partial charge in [-0.25, -0.2) is 8.78 Å². The lowest BCUT2D eigenvalue weighted by atomic mass is 10.2. The van der Waals surface area contributed by atoms with Crippen molar-refractivity contribution in [3.63, 3.8) is 0 Å². The Labute approximate surface area is 96.0 Å². The Morgan fingerprint density at radius 1 is 1.35 bits per heavy atom. The molecule has 2 rings (SSSR count). The van der Waals surface area contributed by atoms with Crippen LogP contribution in [-0.4, -0.2) is 4.98 Å². The van der Waals surface area contributed by atoms with E-state index >= 15 is 0 Å². The van der Waals surface area contributed by atoms with Crippen LogP contribution in [0.2, 0.25) is 0 Å². The van der Waals surface area contributed by atoms with Gasteiger partial charge >= 0.3 is 6.08 Å². The van der Waals surface area contributed by atoms with Crippen LogP contribution in [-0.2, 0) is 6.54 Å². The Bertz CT molecular complexity index is 540. The van der Waals surface area contributed by atoms with Gasteiger partial charge < -0.3 is 14.9 Å². The molecule has 0 aliphatic rings. The van der Waals surface area contributed by atoms with Crippen molar-refractivity contribution in [2.75, 3.05) is 0 Å². The minimum absolute atomic E-state index is 0.0560. The highest BCUT2D eigenvalue weighted by molar-refractivity contribution is 5.35. The van der Waals surface area contributed by atoms with Crippen molar-refractivity contribution in [1.29, 1.82) is 0 Å². The first-order valence-corrected chi connectivity index (χ1v) is 4.88. The third kappa shape index (κ3) is 2.42. The lowest BCUT2D eigenvalue weighted by Crippen LogP contribution is -1.96. The second kappa shape index (κ2) is 4.50. The van der Waals surface area contributed by atoms with Crippen LogP contribution in [0.25, 0.3) is 0 Å². The highest BCUT2D eigenvalue weighted by Crippen LogP contribution is 2.26. The number of aromatic nitrogens is 1. The zero-order chi connectivity index (χ0) is 12.4. The first-order valence-electron chi connectivity index (χ1n) is 4.88. The predicted molar refractivity (Wildman–Crippen MR) is 55.6 cm³/mol. The van der Waals surface area contributed by atoms with Gasteiger partial charge in [0, 0.05) is 12.6 Å². The summed E-state index contributed by atoms with van der Waals surface area (Å²) in [5, 5.41) is 0. The van der Waals surface area contributed by atoms with E-state index < -0.39 is 11.6 Å². The maximum absolute atomic E-state index is 13.0. The quantitative estimate of drug-likeness (QED) is 0.895. The SMILES string of the molecule is Cc1cc(F)c(F)cc1Oc1nc(CN)co1. The van der Waals surface area contributed by atoms with Gasteiger partial charge in [0.1, 0.15) is 12.0 Å². The molecule has 0 aliphatic heterocycles. The molecule has 0 unspecified atom stereocenters. The number of halogens is 2. The lowest BCUT2D eigenvalue weighted by molar-refractivity contribution is 0.326. The summed E-state index contributed by atoms with van der Waals surface area (Å²) >= 11 is 0. The molecule has 4 nitrogen and oxygen atoms in total. The first-order chi connectivity index (χ1) is 8.10. The van der Waals surface area contributed by atoms with Crippen LogP contribution in [0, 0.1) is 18.6 Å². The number of hydrogen-bond acceptors (Lipinski definition) is 4. The average molecular weight is 240 g/mol. The fourth-order valence-corrected chi connectivity index (χ4v) is 1.26. The molecule has 2 N–H and O–H groups in total. The van der Waals surface area contributed by atoms with Gasteiger partial charge in [0.2, 0.25) is 0 Å². The van der Waals surface area contributed by atoms with E-state index in [1.807, 2.05) is 0 Å². The van der Waals surface area contributed by atoms with Crippen LogP contribution < -0.4 is 10.5 Å². The van der Waals surface area contributed by atoms with Gasteiger partial charge in [0.25, 0.3) is 0 Å². The molecule has 6 heteroatoms. The van der Waals surface area contributed by atoms with Gasteiger partial charge in [-0.3, -0.25) is 0 Å². The molecule has 0 saturated heterocycles. The second-order valence-corrected chi connectivity index (χ2v) is 3.44. The van der Waals surface area contributed by atoms with Gasteiger partial charge in [-0.05, 0) is 18.6 Å². The van der Waals surface area contributed by atoms with Crippen molar-refractivity contribution < 1.29 is 17.9 Å². The van der Waals surface area contributed by atoms with Crippen molar-refractivity contribution in [2.24, 2.45) is 5.73 Å². The van der Waals surface area contributed by atoms with E-state index in [-0.39, 0.29) is 18.4 Å². The molecule has 0 aliphatic carbocycles. The highest BCUT2D eigenvalue weighted by atomic mass is 19.2. The maximum atomic E-state index is 13.0. The summed E-state index contributed by atoms with van der Waals surface area (Å²) in [5.74, 6) is -1.77. The molecule has 0 bridgehead atoms. The lowest BCUT2D eigenvalue weighted by Gasteiger charge is -2.05. The Morgan fingerprint density at radius 3 is 2.71 bits per heavy atom. The van der Waals surface area contributed by atoms with Crippen molar-refractivity contribution >= 4 is 0 Å². The summed E-state index contributed by atoms with van der Waals surface area (Å²) < 4.78 is 36.0. The number of nitrogens with zero attached hydrogens (tertiary/aromatic N) is 1. The molecule has 0 amide bonds. The third-order valence-electron chi connectivity index (χ3n) is 2.15. The Balaban J connectivity index is 2.26. The van der Waals surface area contributed by atoms with Crippen LogP contribution in [0.5, 0.6) is 11.8 Å². The van der Waals surface area contributed by atoms with E-state index in [1.54, 1.807) is 6.92 Å². The molecule has 2 aromatic rings. The molecule has 0 spiro atoms. The Hall–Kier alpha value is -1.95. The number of ether oxygens (including phenoxy) is 1. The molecular weight excluding hydrogens is 230 g/mol. The van der Waals surface area contributed by atoms with Gasteiger partial charge in [-0.1, -0.05) is 0 Å². The highest BCUT2D eigenvalue weighted by Gasteiger charge is 2.11. The number of benzene rings is 1. The Kier molecular flexibility index (Phi) is 3.06. The number of oxazole rings is 1. The Morgan fingerprint density at radius 2 is 2.06 bits per heavy atom. The predicted octanol–water partition coefficient (Wildman–Crippen LogP) is 2.51.